The molecule has 3 rings (SSSR count). The number of nitrogens with zero attached hydrogens (tertiary/aromatic N) is 2. The van der Waals surface area contributed by atoms with Crippen molar-refractivity contribution in [3.8, 4) is 0 Å². The number of carbonyl (C=O) groups is 1. The van der Waals surface area contributed by atoms with Crippen molar-refractivity contribution in [2.24, 2.45) is 0 Å². The van der Waals surface area contributed by atoms with E-state index in [0.717, 1.165) is 0 Å². The van der Waals surface area contributed by atoms with E-state index in [1.807, 2.05) is 0 Å². The highest BCUT2D eigenvalue weighted by atomic mass is 31.2. The molecule has 0 radical (unpaired) electrons. The van der Waals surface area contributed by atoms with Crippen LogP contribution in [0.15, 0.2) is 60.0 Å². The highest BCUT2D eigenvalue weighted by Gasteiger charge is 2.45. The number of nitro groups is 2. The van der Waals surface area contributed by atoms with Gasteiger partial charge in [0, 0.05) is 12.1 Å². The number of carbonyl (C=O) groups excluding carboxylic acids is 1. The number of benzene rings is 2. The first-order valence-electron chi connectivity index (χ1n) is 10.0. The summed E-state index contributed by atoms with van der Waals surface area (Å²) in [5, 5.41) is 32.2. The lowest BCUT2D eigenvalue weighted by atomic mass is 10.1. The molecule has 192 valence electrons. The van der Waals surface area contributed by atoms with E-state index in [-0.39, 0.29) is 22.5 Å². The van der Waals surface area contributed by atoms with Crippen LogP contribution in [0.3, 0.4) is 0 Å². The fourth-order valence-corrected chi connectivity index (χ4v) is 3.79. The number of rotatable bonds is 12. The second-order valence-corrected chi connectivity index (χ2v) is 8.38. The van der Waals surface area contributed by atoms with Gasteiger partial charge in [-0.1, -0.05) is 24.3 Å². The molecular formula is C20H19N2O13P. The summed E-state index contributed by atoms with van der Waals surface area (Å²) >= 11 is 0. The van der Waals surface area contributed by atoms with Crippen LogP contribution in [0, 0.1) is 20.2 Å². The number of phosphoric ester groups is 1. The van der Waals surface area contributed by atoms with Gasteiger partial charge in [-0.3, -0.25) is 24.8 Å². The molecule has 0 aliphatic carbocycles. The number of nitro benzene ring substituents is 2. The molecule has 0 amide bonds. The largest absolute Gasteiger partial charge is 0.485 e. The summed E-state index contributed by atoms with van der Waals surface area (Å²) < 4.78 is 31.9. The summed E-state index contributed by atoms with van der Waals surface area (Å²) in [7, 11) is -5.17. The summed E-state index contributed by atoms with van der Waals surface area (Å²) in [4.78, 5) is 52.1. The zero-order valence-electron chi connectivity index (χ0n) is 18.2. The molecule has 0 fully saturated rings. The Labute approximate surface area is 202 Å². The number of phosphoric acid groups is 1. The summed E-state index contributed by atoms with van der Waals surface area (Å²) in [5.41, 5.74) is -0.467. The van der Waals surface area contributed by atoms with Gasteiger partial charge in [0.15, 0.2) is 11.9 Å². The van der Waals surface area contributed by atoms with E-state index in [4.69, 9.17) is 24.0 Å². The SMILES string of the molecule is O=C1O[C@H]([C@H](CO)OP(=O)(O)O)C(OCc2ccccc2[N+](=O)[O-])=C1OCc1ccccc1[N+](=O)[O-]. The lowest BCUT2D eigenvalue weighted by Crippen LogP contribution is -2.34. The first-order valence-corrected chi connectivity index (χ1v) is 11.5. The molecule has 1 aliphatic rings. The third-order valence-corrected chi connectivity index (χ3v) is 5.37. The van der Waals surface area contributed by atoms with Crippen molar-refractivity contribution in [2.75, 3.05) is 6.61 Å². The minimum Gasteiger partial charge on any atom is -0.485 e. The van der Waals surface area contributed by atoms with E-state index >= 15 is 0 Å². The molecule has 0 spiro atoms. The molecule has 1 heterocycles. The van der Waals surface area contributed by atoms with Crippen LogP contribution in [0.1, 0.15) is 11.1 Å². The van der Waals surface area contributed by atoms with Crippen LogP contribution in [0.2, 0.25) is 0 Å². The van der Waals surface area contributed by atoms with Crippen LogP contribution in [0.5, 0.6) is 0 Å². The number of cyclic esters (lactones) is 1. The molecule has 3 N–H and O–H groups in total. The molecule has 16 heteroatoms. The number of ether oxygens (including phenoxy) is 3. The quantitative estimate of drug-likeness (QED) is 0.156. The molecule has 36 heavy (non-hydrogen) atoms. The Balaban J connectivity index is 1.96. The Morgan fingerprint density at radius 2 is 1.44 bits per heavy atom. The maximum Gasteiger partial charge on any atom is 0.470 e. The Morgan fingerprint density at radius 1 is 0.944 bits per heavy atom. The van der Waals surface area contributed by atoms with E-state index in [2.05, 4.69) is 4.52 Å². The normalized spacial score (nSPS) is 16.4. The highest BCUT2D eigenvalue weighted by molar-refractivity contribution is 7.46. The molecule has 0 saturated carbocycles. The van der Waals surface area contributed by atoms with E-state index in [1.54, 1.807) is 0 Å². The van der Waals surface area contributed by atoms with Crippen molar-refractivity contribution in [1.82, 2.24) is 0 Å². The van der Waals surface area contributed by atoms with Gasteiger partial charge in [0.1, 0.15) is 19.3 Å². The predicted octanol–water partition coefficient (Wildman–Crippen LogP) is 1.84. The van der Waals surface area contributed by atoms with Gasteiger partial charge in [-0.05, 0) is 12.1 Å². The molecule has 0 saturated heterocycles. The second-order valence-electron chi connectivity index (χ2n) is 7.19. The predicted molar refractivity (Wildman–Crippen MR) is 117 cm³/mol. The molecule has 2 atom stereocenters. The van der Waals surface area contributed by atoms with Crippen LogP contribution in [-0.4, -0.2) is 49.5 Å². The van der Waals surface area contributed by atoms with Gasteiger partial charge in [-0.2, -0.15) is 0 Å². The van der Waals surface area contributed by atoms with Gasteiger partial charge in [-0.15, -0.1) is 0 Å². The van der Waals surface area contributed by atoms with Crippen molar-refractivity contribution in [1.29, 1.82) is 0 Å². The van der Waals surface area contributed by atoms with Gasteiger partial charge in [0.25, 0.3) is 11.4 Å². The number of para-hydroxylation sites is 2. The number of esters is 1. The monoisotopic (exact) mass is 526 g/mol. The van der Waals surface area contributed by atoms with Crippen molar-refractivity contribution < 1.29 is 52.8 Å². The standard InChI is InChI=1S/C20H19N2O13P/c23-9-16(35-36(29,30)31)17-18(32-10-12-5-1-3-7-14(12)21(25)26)19(20(24)34-17)33-11-13-6-2-4-8-15(13)22(27)28/h1-8,16-17,23H,9-11H2,(H2,29,30,31)/t16-,17+/m0/s1. The Morgan fingerprint density at radius 3 is 1.92 bits per heavy atom. The first kappa shape index (κ1) is 26.7. The van der Waals surface area contributed by atoms with E-state index in [9.17, 15) is 34.7 Å². The summed E-state index contributed by atoms with van der Waals surface area (Å²) in [6, 6.07) is 11.0. The molecule has 0 aromatic heterocycles. The van der Waals surface area contributed by atoms with Crippen molar-refractivity contribution >= 4 is 25.2 Å². The van der Waals surface area contributed by atoms with Crippen LogP contribution >= 0.6 is 7.82 Å². The van der Waals surface area contributed by atoms with E-state index in [1.165, 1.54) is 48.5 Å². The topological polar surface area (TPSA) is 218 Å². The van der Waals surface area contributed by atoms with Gasteiger partial charge in [0.05, 0.1) is 27.6 Å². The van der Waals surface area contributed by atoms with E-state index < -0.39 is 67.2 Å². The minimum atomic E-state index is -5.17. The fourth-order valence-electron chi connectivity index (χ4n) is 3.26. The number of aliphatic hydroxyl groups excluding tert-OH is 1. The maximum atomic E-state index is 12.5. The van der Waals surface area contributed by atoms with Crippen molar-refractivity contribution in [2.45, 2.75) is 25.4 Å². The van der Waals surface area contributed by atoms with Crippen LogP contribution in [0.25, 0.3) is 0 Å². The number of hydrogen-bond donors (Lipinski definition) is 3. The zero-order chi connectivity index (χ0) is 26.5. The Kier molecular flexibility index (Phi) is 8.34. The average Bonchev–Trinajstić information content (AvgIpc) is 3.14. The van der Waals surface area contributed by atoms with Crippen LogP contribution < -0.4 is 0 Å². The Bertz CT molecular complexity index is 1240. The minimum absolute atomic E-state index is 0.0719. The van der Waals surface area contributed by atoms with Gasteiger partial charge >= 0.3 is 13.8 Å². The third kappa shape index (κ3) is 6.41. The highest BCUT2D eigenvalue weighted by Crippen LogP contribution is 2.41. The summed E-state index contributed by atoms with van der Waals surface area (Å²) in [5.74, 6) is -2.28. The van der Waals surface area contributed by atoms with Gasteiger partial charge in [0.2, 0.25) is 5.76 Å². The average molecular weight is 526 g/mol. The van der Waals surface area contributed by atoms with Gasteiger partial charge < -0.3 is 29.1 Å². The maximum absolute atomic E-state index is 12.5. The van der Waals surface area contributed by atoms with Crippen LogP contribution in [-0.2, 0) is 41.3 Å². The van der Waals surface area contributed by atoms with Crippen LogP contribution in [0.4, 0.5) is 11.4 Å². The number of aliphatic hydroxyl groups is 1. The van der Waals surface area contributed by atoms with E-state index in [0.29, 0.717) is 0 Å². The van der Waals surface area contributed by atoms with Crippen molar-refractivity contribution in [3.63, 3.8) is 0 Å². The molecule has 2 aromatic rings. The molecular weight excluding hydrogens is 507 g/mol. The molecule has 0 unspecified atom stereocenters. The number of hydrogen-bond acceptors (Lipinski definition) is 11. The summed E-state index contributed by atoms with van der Waals surface area (Å²) in [6.45, 7) is -2.04. The smallest absolute Gasteiger partial charge is 0.470 e. The van der Waals surface area contributed by atoms with Crippen molar-refractivity contribution in [3.05, 3.63) is 91.4 Å². The van der Waals surface area contributed by atoms with Gasteiger partial charge in [-0.25, -0.2) is 9.36 Å². The lowest BCUT2D eigenvalue weighted by molar-refractivity contribution is -0.386. The zero-order valence-corrected chi connectivity index (χ0v) is 19.1. The molecule has 2 aromatic carbocycles. The Hall–Kier alpha value is -3.88. The first-order chi connectivity index (χ1) is 17.0. The summed E-state index contributed by atoms with van der Waals surface area (Å²) in [6.07, 6.45) is -3.51. The molecule has 0 bridgehead atoms. The third-order valence-electron chi connectivity index (χ3n) is 4.82. The molecule has 15 nitrogen and oxygen atoms in total. The second kappa shape index (κ2) is 11.2. The lowest BCUT2D eigenvalue weighted by Gasteiger charge is -2.23. The fraction of sp³-hybridized carbons (Fsp3) is 0.250. The molecule has 1 aliphatic heterocycles.